The Morgan fingerprint density at radius 2 is 1.63 bits per heavy atom. The van der Waals surface area contributed by atoms with Crippen LogP contribution in [0.2, 0.25) is 0 Å². The average Bonchev–Trinajstić information content (AvgIpc) is 3.22. The van der Waals surface area contributed by atoms with Gasteiger partial charge in [-0.15, -0.1) is 0 Å². The van der Waals surface area contributed by atoms with E-state index in [2.05, 4.69) is 37.5 Å². The van der Waals surface area contributed by atoms with Crippen LogP contribution < -0.4 is 5.73 Å². The average molecular weight is 516 g/mol. The Balaban J connectivity index is 1.88. The van der Waals surface area contributed by atoms with Crippen LogP contribution in [0, 0.1) is 30.4 Å². The van der Waals surface area contributed by atoms with Crippen LogP contribution in [-0.2, 0) is 6.54 Å². The zero-order valence-corrected chi connectivity index (χ0v) is 22.2. The highest BCUT2D eigenvalue weighted by Gasteiger charge is 2.37. The standard InChI is InChI=1S/C32H35F2N3O/c1-21(2)29(27(15-10-18-35)31(38)26-17-16-25(33)19-28(26)34)32-36-30(24-13-8-5-9-14-24)22(3)37(32)20-23-11-6-4-7-12-23/h4-9,11-14,16-17,19,21,27,29H,10,15,18,20,35H2,1-3H3/t27-,29?/m1/s1. The summed E-state index contributed by atoms with van der Waals surface area (Å²) in [6, 6.07) is 23.3. The number of hydrogen-bond donors (Lipinski definition) is 1. The molecule has 2 N–H and O–H groups in total. The molecule has 4 aromatic rings. The van der Waals surface area contributed by atoms with Gasteiger partial charge in [-0.3, -0.25) is 4.79 Å². The van der Waals surface area contributed by atoms with Gasteiger partial charge in [0.1, 0.15) is 17.5 Å². The number of aromatic nitrogens is 2. The first-order valence-electron chi connectivity index (χ1n) is 13.2. The molecule has 4 nitrogen and oxygen atoms in total. The Kier molecular flexibility index (Phi) is 8.85. The van der Waals surface area contributed by atoms with Gasteiger partial charge in [0.15, 0.2) is 5.78 Å². The molecule has 0 saturated heterocycles. The van der Waals surface area contributed by atoms with Crippen molar-refractivity contribution in [2.75, 3.05) is 6.54 Å². The number of hydrogen-bond acceptors (Lipinski definition) is 3. The number of benzene rings is 3. The monoisotopic (exact) mass is 515 g/mol. The number of carbonyl (C=O) groups excluding carboxylic acids is 1. The summed E-state index contributed by atoms with van der Waals surface area (Å²) < 4.78 is 30.6. The molecule has 0 aliphatic carbocycles. The molecule has 0 amide bonds. The van der Waals surface area contributed by atoms with E-state index in [9.17, 15) is 13.6 Å². The number of Topliss-reactive ketones (excluding diaryl/α,β-unsaturated/α-hetero) is 1. The molecule has 38 heavy (non-hydrogen) atoms. The van der Waals surface area contributed by atoms with Crippen LogP contribution in [0.3, 0.4) is 0 Å². The fourth-order valence-electron chi connectivity index (χ4n) is 5.29. The van der Waals surface area contributed by atoms with E-state index >= 15 is 0 Å². The van der Waals surface area contributed by atoms with E-state index in [-0.39, 0.29) is 23.2 Å². The van der Waals surface area contributed by atoms with Crippen LogP contribution in [0.1, 0.15) is 60.0 Å². The zero-order chi connectivity index (χ0) is 27.2. The SMILES string of the molecule is Cc1c(-c2ccccc2)nc(C(C(C)C)[C@@H](CCCN)C(=O)c2ccc(F)cc2F)n1Cc1ccccc1. The molecule has 0 bridgehead atoms. The number of imidazole rings is 1. The van der Waals surface area contributed by atoms with Crippen molar-refractivity contribution in [3.8, 4) is 11.3 Å². The van der Waals surface area contributed by atoms with Gasteiger partial charge in [0.25, 0.3) is 0 Å². The maximum absolute atomic E-state index is 14.8. The van der Waals surface area contributed by atoms with Crippen molar-refractivity contribution in [1.29, 1.82) is 0 Å². The summed E-state index contributed by atoms with van der Waals surface area (Å²) in [5, 5.41) is 0. The number of rotatable bonds is 11. The molecule has 198 valence electrons. The molecule has 4 rings (SSSR count). The van der Waals surface area contributed by atoms with Gasteiger partial charge >= 0.3 is 0 Å². The third-order valence-electron chi connectivity index (χ3n) is 7.18. The summed E-state index contributed by atoms with van der Waals surface area (Å²) in [6.45, 7) is 7.18. The Hall–Kier alpha value is -3.64. The minimum absolute atomic E-state index is 0.0187. The fraction of sp³-hybridized carbons (Fsp3) is 0.312. The van der Waals surface area contributed by atoms with Crippen molar-refractivity contribution in [2.24, 2.45) is 17.6 Å². The highest BCUT2D eigenvalue weighted by molar-refractivity contribution is 5.98. The van der Waals surface area contributed by atoms with Gasteiger partial charge in [-0.05, 0) is 49.9 Å². The van der Waals surface area contributed by atoms with E-state index in [1.54, 1.807) is 0 Å². The molecule has 6 heteroatoms. The molecule has 0 radical (unpaired) electrons. The Morgan fingerprint density at radius 3 is 2.24 bits per heavy atom. The minimum Gasteiger partial charge on any atom is -0.330 e. The lowest BCUT2D eigenvalue weighted by Gasteiger charge is -2.30. The number of nitrogens with two attached hydrogens (primary N) is 1. The van der Waals surface area contributed by atoms with Crippen LogP contribution in [-0.4, -0.2) is 21.9 Å². The molecule has 0 saturated carbocycles. The highest BCUT2D eigenvalue weighted by atomic mass is 19.1. The van der Waals surface area contributed by atoms with Crippen LogP contribution in [0.5, 0.6) is 0 Å². The Morgan fingerprint density at radius 1 is 0.974 bits per heavy atom. The van der Waals surface area contributed by atoms with Gasteiger partial charge < -0.3 is 10.3 Å². The van der Waals surface area contributed by atoms with Crippen LogP contribution >= 0.6 is 0 Å². The second kappa shape index (κ2) is 12.3. The predicted octanol–water partition coefficient (Wildman–Crippen LogP) is 7.16. The summed E-state index contributed by atoms with van der Waals surface area (Å²) in [5.74, 6) is -1.97. The van der Waals surface area contributed by atoms with E-state index < -0.39 is 17.6 Å². The lowest BCUT2D eigenvalue weighted by molar-refractivity contribution is 0.0863. The van der Waals surface area contributed by atoms with E-state index in [1.165, 1.54) is 6.07 Å². The third kappa shape index (κ3) is 5.91. The smallest absolute Gasteiger partial charge is 0.169 e. The van der Waals surface area contributed by atoms with Gasteiger partial charge in [-0.2, -0.15) is 0 Å². The van der Waals surface area contributed by atoms with Crippen LogP contribution in [0.15, 0.2) is 78.9 Å². The molecule has 1 heterocycles. The molecule has 1 unspecified atom stereocenters. The lowest BCUT2D eigenvalue weighted by atomic mass is 9.76. The topological polar surface area (TPSA) is 60.9 Å². The van der Waals surface area contributed by atoms with E-state index in [0.29, 0.717) is 25.9 Å². The Labute approximate surface area is 223 Å². The second-order valence-electron chi connectivity index (χ2n) is 10.1. The first-order valence-corrected chi connectivity index (χ1v) is 13.2. The quantitative estimate of drug-likeness (QED) is 0.216. The molecule has 0 spiro atoms. The Bertz CT molecular complexity index is 1370. The molecular formula is C32H35F2N3O. The lowest BCUT2D eigenvalue weighted by Crippen LogP contribution is -2.30. The fourth-order valence-corrected chi connectivity index (χ4v) is 5.29. The molecule has 3 aromatic carbocycles. The van der Waals surface area contributed by atoms with Crippen molar-refractivity contribution in [3.05, 3.63) is 113 Å². The van der Waals surface area contributed by atoms with E-state index in [1.807, 2.05) is 48.5 Å². The van der Waals surface area contributed by atoms with Gasteiger partial charge in [0, 0.05) is 35.7 Å². The molecule has 1 aromatic heterocycles. The maximum Gasteiger partial charge on any atom is 0.169 e. The molecule has 0 aliphatic heterocycles. The third-order valence-corrected chi connectivity index (χ3v) is 7.18. The first-order chi connectivity index (χ1) is 18.3. The van der Waals surface area contributed by atoms with Crippen LogP contribution in [0.4, 0.5) is 8.78 Å². The van der Waals surface area contributed by atoms with E-state index in [4.69, 9.17) is 10.7 Å². The van der Waals surface area contributed by atoms with Crippen molar-refractivity contribution in [3.63, 3.8) is 0 Å². The zero-order valence-electron chi connectivity index (χ0n) is 22.2. The normalized spacial score (nSPS) is 13.0. The molecule has 2 atom stereocenters. The summed E-state index contributed by atoms with van der Waals surface area (Å²) in [6.07, 6.45) is 1.08. The van der Waals surface area contributed by atoms with Gasteiger partial charge in [-0.1, -0.05) is 74.5 Å². The van der Waals surface area contributed by atoms with Crippen molar-refractivity contribution in [1.82, 2.24) is 9.55 Å². The number of carbonyl (C=O) groups is 1. The van der Waals surface area contributed by atoms with Crippen LogP contribution in [0.25, 0.3) is 11.3 Å². The summed E-state index contributed by atoms with van der Waals surface area (Å²) in [4.78, 5) is 19.1. The summed E-state index contributed by atoms with van der Waals surface area (Å²) >= 11 is 0. The van der Waals surface area contributed by atoms with Gasteiger partial charge in [0.05, 0.1) is 11.3 Å². The van der Waals surface area contributed by atoms with Crippen molar-refractivity contribution < 1.29 is 13.6 Å². The first kappa shape index (κ1) is 27.4. The van der Waals surface area contributed by atoms with E-state index in [0.717, 1.165) is 40.5 Å². The van der Waals surface area contributed by atoms with Gasteiger partial charge in [-0.25, -0.2) is 13.8 Å². The molecular weight excluding hydrogens is 480 g/mol. The highest BCUT2D eigenvalue weighted by Crippen LogP contribution is 2.39. The molecule has 0 aliphatic rings. The molecule has 0 fully saturated rings. The largest absolute Gasteiger partial charge is 0.330 e. The predicted molar refractivity (Wildman–Crippen MR) is 148 cm³/mol. The van der Waals surface area contributed by atoms with Crippen molar-refractivity contribution in [2.45, 2.75) is 46.1 Å². The summed E-state index contributed by atoms with van der Waals surface area (Å²) in [5.41, 5.74) is 9.74. The number of nitrogens with zero attached hydrogens (tertiary/aromatic N) is 2. The van der Waals surface area contributed by atoms with Crippen molar-refractivity contribution >= 4 is 5.78 Å². The summed E-state index contributed by atoms with van der Waals surface area (Å²) in [7, 11) is 0. The number of ketones is 1. The minimum atomic E-state index is -0.843. The number of halogens is 2. The maximum atomic E-state index is 14.8. The second-order valence-corrected chi connectivity index (χ2v) is 10.1. The van der Waals surface area contributed by atoms with Gasteiger partial charge in [0.2, 0.25) is 0 Å².